The van der Waals surface area contributed by atoms with Gasteiger partial charge in [0.05, 0.1) is 0 Å². The molecular weight excluding hydrogens is 516 g/mol. The first-order chi connectivity index (χ1) is 21.0. The van der Waals surface area contributed by atoms with Gasteiger partial charge in [0, 0.05) is 5.41 Å². The quantitative estimate of drug-likeness (QED) is 0.125. The fraction of sp³-hybridized carbons (Fsp3) is 0.767. The van der Waals surface area contributed by atoms with Crippen molar-refractivity contribution >= 4 is 0 Å². The first-order valence-corrected chi connectivity index (χ1v) is 19.6. The van der Waals surface area contributed by atoms with E-state index in [1.807, 2.05) is 22.3 Å². The minimum atomic E-state index is 0.179. The summed E-state index contributed by atoms with van der Waals surface area (Å²) < 4.78 is 0. The molecule has 2 aliphatic carbocycles. The van der Waals surface area contributed by atoms with E-state index in [1.54, 1.807) is 5.56 Å². The van der Waals surface area contributed by atoms with Crippen LogP contribution in [-0.2, 0) is 5.41 Å². The van der Waals surface area contributed by atoms with Crippen molar-refractivity contribution in [1.82, 2.24) is 0 Å². The van der Waals surface area contributed by atoms with Crippen molar-refractivity contribution in [3.05, 3.63) is 58.2 Å². The molecule has 0 nitrogen and oxygen atoms in total. The predicted octanol–water partition coefficient (Wildman–Crippen LogP) is 14.5. The lowest BCUT2D eigenvalue weighted by molar-refractivity contribution is 0.246. The molecule has 0 N–H and O–H groups in total. The van der Waals surface area contributed by atoms with Crippen LogP contribution in [0, 0.1) is 17.8 Å². The number of hydrogen-bond acceptors (Lipinski definition) is 0. The summed E-state index contributed by atoms with van der Waals surface area (Å²) in [4.78, 5) is 0. The molecule has 0 saturated heterocycles. The molecular formula is C43H72. The maximum atomic E-state index is 2.55. The van der Waals surface area contributed by atoms with E-state index in [9.17, 15) is 0 Å². The van der Waals surface area contributed by atoms with Crippen molar-refractivity contribution < 1.29 is 0 Å². The van der Waals surface area contributed by atoms with Crippen LogP contribution in [0.3, 0.4) is 0 Å². The number of allylic oxidation sites excluding steroid dienone is 4. The molecule has 2 unspecified atom stereocenters. The zero-order chi connectivity index (χ0) is 30.9. The molecule has 0 spiro atoms. The van der Waals surface area contributed by atoms with Gasteiger partial charge in [0.15, 0.2) is 0 Å². The third-order valence-corrected chi connectivity index (χ3v) is 11.1. The predicted molar refractivity (Wildman–Crippen MR) is 193 cm³/mol. The van der Waals surface area contributed by atoms with Crippen LogP contribution in [-0.4, -0.2) is 0 Å². The van der Waals surface area contributed by atoms with E-state index in [4.69, 9.17) is 0 Å². The second kappa shape index (κ2) is 20.0. The van der Waals surface area contributed by atoms with Crippen LogP contribution in [0.5, 0.6) is 0 Å². The van der Waals surface area contributed by atoms with Gasteiger partial charge in [-0.3, -0.25) is 0 Å². The summed E-state index contributed by atoms with van der Waals surface area (Å²) in [5.41, 5.74) is 9.49. The lowest BCUT2D eigenvalue weighted by Gasteiger charge is -2.52. The smallest absolute Gasteiger partial charge is 0.0233 e. The summed E-state index contributed by atoms with van der Waals surface area (Å²) in [5.74, 6) is 2.21. The molecule has 0 heteroatoms. The first kappa shape index (κ1) is 36.2. The summed E-state index contributed by atoms with van der Waals surface area (Å²) in [7, 11) is 0. The van der Waals surface area contributed by atoms with Crippen LogP contribution in [0.1, 0.15) is 195 Å². The third-order valence-electron chi connectivity index (χ3n) is 11.1. The molecule has 0 amide bonds. The van der Waals surface area contributed by atoms with E-state index in [1.165, 1.54) is 148 Å². The van der Waals surface area contributed by atoms with E-state index in [0.29, 0.717) is 11.8 Å². The van der Waals surface area contributed by atoms with Crippen LogP contribution < -0.4 is 0 Å². The van der Waals surface area contributed by atoms with E-state index >= 15 is 0 Å². The summed E-state index contributed by atoms with van der Waals surface area (Å²) in [6.45, 7) is 14.6. The molecule has 1 saturated carbocycles. The molecule has 3 rings (SSSR count). The number of benzene rings is 1. The van der Waals surface area contributed by atoms with E-state index in [-0.39, 0.29) is 5.41 Å². The Labute approximate surface area is 270 Å². The number of rotatable bonds is 21. The Morgan fingerprint density at radius 2 is 1.28 bits per heavy atom. The molecule has 1 aromatic rings. The van der Waals surface area contributed by atoms with E-state index < -0.39 is 0 Å². The van der Waals surface area contributed by atoms with Crippen molar-refractivity contribution in [2.24, 2.45) is 17.8 Å². The van der Waals surface area contributed by atoms with Crippen molar-refractivity contribution in [2.75, 3.05) is 0 Å². The Bertz CT molecular complexity index is 940. The molecule has 244 valence electrons. The zero-order valence-corrected chi connectivity index (χ0v) is 29.9. The summed E-state index contributed by atoms with van der Waals surface area (Å²) >= 11 is 0. The van der Waals surface area contributed by atoms with Gasteiger partial charge in [-0.15, -0.1) is 0 Å². The Morgan fingerprint density at radius 3 is 1.91 bits per heavy atom. The Kier molecular flexibility index (Phi) is 16.8. The minimum Gasteiger partial charge on any atom is -0.0654 e. The molecule has 0 radical (unpaired) electrons. The van der Waals surface area contributed by atoms with Gasteiger partial charge in [-0.2, -0.15) is 0 Å². The Morgan fingerprint density at radius 1 is 0.651 bits per heavy atom. The lowest BCUT2D eigenvalue weighted by atomic mass is 9.51. The summed E-state index contributed by atoms with van der Waals surface area (Å²) in [6, 6.07) is 12.1. The standard InChI is InChI=1S/C43H72/c1-7-11-14-16-17-25-32-41-42(36-26-20-18-21-27-36)38(30-24-15-12-8-2)39(34-35(5)6)40(31-13-9-3)43(41,33-10-4)37-28-22-19-23-29-37/h19,22-23,28-29,35-36,41H,7-18,20-21,24-27,30-34H2,1-6H3. The van der Waals surface area contributed by atoms with Crippen molar-refractivity contribution in [1.29, 1.82) is 0 Å². The zero-order valence-electron chi connectivity index (χ0n) is 29.9. The molecule has 0 heterocycles. The fourth-order valence-electron chi connectivity index (χ4n) is 9.17. The highest BCUT2D eigenvalue weighted by molar-refractivity contribution is 5.55. The highest BCUT2D eigenvalue weighted by atomic mass is 14.5. The first-order valence-electron chi connectivity index (χ1n) is 19.6. The van der Waals surface area contributed by atoms with Gasteiger partial charge in [0.25, 0.3) is 0 Å². The highest BCUT2D eigenvalue weighted by Crippen LogP contribution is 2.59. The maximum absolute atomic E-state index is 2.55. The fourth-order valence-corrected chi connectivity index (χ4v) is 9.17. The van der Waals surface area contributed by atoms with Crippen molar-refractivity contribution in [3.8, 4) is 0 Å². The van der Waals surface area contributed by atoms with Gasteiger partial charge < -0.3 is 0 Å². The molecule has 0 aliphatic heterocycles. The van der Waals surface area contributed by atoms with Crippen LogP contribution in [0.15, 0.2) is 52.6 Å². The van der Waals surface area contributed by atoms with Crippen molar-refractivity contribution in [2.45, 2.75) is 195 Å². The highest BCUT2D eigenvalue weighted by Gasteiger charge is 2.49. The molecule has 1 fully saturated rings. The SMILES string of the molecule is CCCCCCCCC1C(C2CCCCC2)=C(CCCCCC)C(CC(C)C)=C(CCCC)C1(CCC)c1ccccc1. The van der Waals surface area contributed by atoms with Gasteiger partial charge in [0.2, 0.25) is 0 Å². The Hall–Kier alpha value is -1.30. The number of unbranched alkanes of at least 4 members (excludes halogenated alkanes) is 9. The van der Waals surface area contributed by atoms with Crippen LogP contribution in [0.25, 0.3) is 0 Å². The van der Waals surface area contributed by atoms with Crippen LogP contribution in [0.2, 0.25) is 0 Å². The van der Waals surface area contributed by atoms with Gasteiger partial charge in [0.1, 0.15) is 0 Å². The maximum Gasteiger partial charge on any atom is 0.0233 e. The number of hydrogen-bond donors (Lipinski definition) is 0. The summed E-state index contributed by atoms with van der Waals surface area (Å²) in [6.07, 6.45) is 31.7. The molecule has 0 bridgehead atoms. The molecule has 43 heavy (non-hydrogen) atoms. The van der Waals surface area contributed by atoms with Crippen molar-refractivity contribution in [3.63, 3.8) is 0 Å². The van der Waals surface area contributed by atoms with Crippen LogP contribution >= 0.6 is 0 Å². The van der Waals surface area contributed by atoms with Gasteiger partial charge in [-0.25, -0.2) is 0 Å². The van der Waals surface area contributed by atoms with Gasteiger partial charge in [-0.05, 0) is 92.3 Å². The minimum absolute atomic E-state index is 0.179. The average molecular weight is 589 g/mol. The normalized spacial score (nSPS) is 21.8. The second-order valence-electron chi connectivity index (χ2n) is 14.9. The van der Waals surface area contributed by atoms with Gasteiger partial charge >= 0.3 is 0 Å². The van der Waals surface area contributed by atoms with Crippen LogP contribution in [0.4, 0.5) is 0 Å². The monoisotopic (exact) mass is 589 g/mol. The summed E-state index contributed by atoms with van der Waals surface area (Å²) in [5, 5.41) is 0. The molecule has 0 aromatic heterocycles. The third kappa shape index (κ3) is 9.84. The molecule has 2 aliphatic rings. The largest absolute Gasteiger partial charge is 0.0654 e. The Balaban J connectivity index is 2.29. The lowest BCUT2D eigenvalue weighted by Crippen LogP contribution is -2.44. The second-order valence-corrected chi connectivity index (χ2v) is 14.9. The van der Waals surface area contributed by atoms with E-state index in [0.717, 1.165) is 5.92 Å². The van der Waals surface area contributed by atoms with Gasteiger partial charge in [-0.1, -0.05) is 173 Å². The molecule has 1 aromatic carbocycles. The average Bonchev–Trinajstić information content (AvgIpc) is 3.02. The van der Waals surface area contributed by atoms with E-state index in [2.05, 4.69) is 71.9 Å². The molecule has 2 atom stereocenters. The topological polar surface area (TPSA) is 0 Å².